The molecule has 0 bridgehead atoms. The average Bonchev–Trinajstić information content (AvgIpc) is 2.37. The first-order chi connectivity index (χ1) is 9.30. The Hall–Kier alpha value is -1.37. The molecule has 2 N–H and O–H groups in total. The van der Waals surface area contributed by atoms with Gasteiger partial charge in [-0.1, -0.05) is 12.2 Å². The number of halogens is 3. The molecule has 1 aliphatic heterocycles. The van der Waals surface area contributed by atoms with Gasteiger partial charge < -0.3 is 10.6 Å². The number of nitrogens with two attached hydrogens (primary N) is 1. The summed E-state index contributed by atoms with van der Waals surface area (Å²) in [5.74, 6) is -0.857. The maximum atomic E-state index is 12.9. The van der Waals surface area contributed by atoms with Gasteiger partial charge in [0, 0.05) is 19.3 Å². The number of piperidine rings is 1. The van der Waals surface area contributed by atoms with Gasteiger partial charge in [0.15, 0.2) is 0 Å². The molecule has 1 unspecified atom stereocenters. The van der Waals surface area contributed by atoms with Crippen molar-refractivity contribution in [3.8, 4) is 0 Å². The van der Waals surface area contributed by atoms with E-state index in [2.05, 4.69) is 4.98 Å². The predicted octanol–water partition coefficient (Wildman–Crippen LogP) is 2.80. The van der Waals surface area contributed by atoms with E-state index in [4.69, 9.17) is 18.0 Å². The van der Waals surface area contributed by atoms with Gasteiger partial charge in [-0.25, -0.2) is 4.98 Å². The SMILES string of the molecule is Cc1ccnc(N2CCCC(C(F)(F)F)C2)c1C(N)=S. The number of nitrogens with zero attached hydrogens (tertiary/aromatic N) is 2. The van der Waals surface area contributed by atoms with Gasteiger partial charge in [-0.3, -0.25) is 0 Å². The second-order valence-electron chi connectivity index (χ2n) is 5.02. The molecule has 1 saturated heterocycles. The summed E-state index contributed by atoms with van der Waals surface area (Å²) in [6, 6.07) is 1.75. The monoisotopic (exact) mass is 303 g/mol. The van der Waals surface area contributed by atoms with Crippen LogP contribution in [0.1, 0.15) is 24.0 Å². The van der Waals surface area contributed by atoms with Crippen LogP contribution in [0.15, 0.2) is 12.3 Å². The molecule has 2 rings (SSSR count). The number of anilines is 1. The van der Waals surface area contributed by atoms with Crippen LogP contribution in [0.3, 0.4) is 0 Å². The van der Waals surface area contributed by atoms with Crippen molar-refractivity contribution in [3.63, 3.8) is 0 Å². The highest BCUT2D eigenvalue weighted by molar-refractivity contribution is 7.80. The first-order valence-corrected chi connectivity index (χ1v) is 6.78. The van der Waals surface area contributed by atoms with Crippen molar-refractivity contribution in [3.05, 3.63) is 23.4 Å². The molecule has 1 fully saturated rings. The number of hydrogen-bond donors (Lipinski definition) is 1. The van der Waals surface area contributed by atoms with Crippen LogP contribution in [0.25, 0.3) is 0 Å². The van der Waals surface area contributed by atoms with E-state index in [9.17, 15) is 13.2 Å². The minimum Gasteiger partial charge on any atom is -0.389 e. The molecule has 1 aliphatic rings. The van der Waals surface area contributed by atoms with E-state index in [1.165, 1.54) is 0 Å². The van der Waals surface area contributed by atoms with E-state index in [1.807, 2.05) is 6.92 Å². The lowest BCUT2D eigenvalue weighted by Gasteiger charge is -2.35. The molecule has 1 aromatic rings. The van der Waals surface area contributed by atoms with Crippen molar-refractivity contribution in [1.82, 2.24) is 4.98 Å². The highest BCUT2D eigenvalue weighted by Crippen LogP contribution is 2.35. The van der Waals surface area contributed by atoms with Crippen molar-refractivity contribution >= 4 is 23.0 Å². The molecule has 0 amide bonds. The van der Waals surface area contributed by atoms with Gasteiger partial charge in [-0.15, -0.1) is 0 Å². The second-order valence-corrected chi connectivity index (χ2v) is 5.46. The molecule has 110 valence electrons. The maximum absolute atomic E-state index is 12.9. The zero-order valence-electron chi connectivity index (χ0n) is 11.1. The summed E-state index contributed by atoms with van der Waals surface area (Å²) < 4.78 is 38.6. The van der Waals surface area contributed by atoms with Crippen LogP contribution < -0.4 is 10.6 Å². The first-order valence-electron chi connectivity index (χ1n) is 6.37. The maximum Gasteiger partial charge on any atom is 0.393 e. The molecular weight excluding hydrogens is 287 g/mol. The lowest BCUT2D eigenvalue weighted by Crippen LogP contribution is -2.43. The summed E-state index contributed by atoms with van der Waals surface area (Å²) in [7, 11) is 0. The molecule has 3 nitrogen and oxygen atoms in total. The Morgan fingerprint density at radius 2 is 2.20 bits per heavy atom. The first kappa shape index (κ1) is 15.0. The number of rotatable bonds is 2. The number of thiocarbonyl (C=S) groups is 1. The van der Waals surface area contributed by atoms with Crippen molar-refractivity contribution in [2.24, 2.45) is 11.7 Å². The van der Waals surface area contributed by atoms with Gasteiger partial charge in [0.2, 0.25) is 0 Å². The summed E-state index contributed by atoms with van der Waals surface area (Å²) in [5.41, 5.74) is 7.09. The normalized spacial score (nSPS) is 20.0. The van der Waals surface area contributed by atoms with Gasteiger partial charge >= 0.3 is 6.18 Å². The summed E-state index contributed by atoms with van der Waals surface area (Å²) >= 11 is 5.00. The van der Waals surface area contributed by atoms with Crippen LogP contribution in [0.4, 0.5) is 19.0 Å². The van der Waals surface area contributed by atoms with Gasteiger partial charge in [0.25, 0.3) is 0 Å². The number of alkyl halides is 3. The predicted molar refractivity (Wildman–Crippen MR) is 75.9 cm³/mol. The molecule has 0 aromatic carbocycles. The fraction of sp³-hybridized carbons (Fsp3) is 0.538. The highest BCUT2D eigenvalue weighted by Gasteiger charge is 2.42. The van der Waals surface area contributed by atoms with Gasteiger partial charge in [0.1, 0.15) is 10.8 Å². The Balaban J connectivity index is 2.32. The summed E-state index contributed by atoms with van der Waals surface area (Å²) in [6.45, 7) is 2.28. The van der Waals surface area contributed by atoms with Crippen molar-refractivity contribution in [1.29, 1.82) is 0 Å². The van der Waals surface area contributed by atoms with Gasteiger partial charge in [-0.2, -0.15) is 13.2 Å². The number of aryl methyl sites for hydroxylation is 1. The summed E-state index contributed by atoms with van der Waals surface area (Å²) in [6.07, 6.45) is -1.96. The number of aromatic nitrogens is 1. The van der Waals surface area contributed by atoms with Crippen LogP contribution in [0.5, 0.6) is 0 Å². The molecule has 20 heavy (non-hydrogen) atoms. The Morgan fingerprint density at radius 3 is 2.80 bits per heavy atom. The second kappa shape index (κ2) is 5.55. The smallest absolute Gasteiger partial charge is 0.389 e. The van der Waals surface area contributed by atoms with Crippen LogP contribution >= 0.6 is 12.2 Å². The topological polar surface area (TPSA) is 42.2 Å². The Bertz CT molecular complexity index is 516. The Kier molecular flexibility index (Phi) is 4.17. The van der Waals surface area contributed by atoms with E-state index in [1.54, 1.807) is 17.2 Å². The lowest BCUT2D eigenvalue weighted by molar-refractivity contribution is -0.176. The number of pyridine rings is 1. The van der Waals surface area contributed by atoms with Crippen LogP contribution in [0, 0.1) is 12.8 Å². The summed E-state index contributed by atoms with van der Waals surface area (Å²) in [4.78, 5) is 6.00. The van der Waals surface area contributed by atoms with E-state index in [0.717, 1.165) is 5.56 Å². The van der Waals surface area contributed by atoms with Crippen molar-refractivity contribution < 1.29 is 13.2 Å². The van der Waals surface area contributed by atoms with E-state index in [0.29, 0.717) is 24.3 Å². The lowest BCUT2D eigenvalue weighted by atomic mass is 9.97. The molecule has 1 atom stereocenters. The summed E-state index contributed by atoms with van der Waals surface area (Å²) in [5, 5.41) is 0. The third kappa shape index (κ3) is 3.03. The largest absolute Gasteiger partial charge is 0.393 e. The number of hydrogen-bond acceptors (Lipinski definition) is 3. The van der Waals surface area contributed by atoms with Crippen LogP contribution in [0.2, 0.25) is 0 Å². The molecule has 1 aromatic heterocycles. The zero-order chi connectivity index (χ0) is 14.9. The van der Waals surface area contributed by atoms with E-state index in [-0.39, 0.29) is 18.0 Å². The minimum absolute atomic E-state index is 0.0877. The van der Waals surface area contributed by atoms with Crippen molar-refractivity contribution in [2.75, 3.05) is 18.0 Å². The molecule has 0 saturated carbocycles. The van der Waals surface area contributed by atoms with E-state index >= 15 is 0 Å². The highest BCUT2D eigenvalue weighted by atomic mass is 32.1. The third-order valence-electron chi connectivity index (χ3n) is 3.57. The van der Waals surface area contributed by atoms with Crippen LogP contribution in [-0.4, -0.2) is 29.2 Å². The minimum atomic E-state index is -4.17. The van der Waals surface area contributed by atoms with Gasteiger partial charge in [-0.05, 0) is 31.4 Å². The van der Waals surface area contributed by atoms with Gasteiger partial charge in [0.05, 0.1) is 11.5 Å². The third-order valence-corrected chi connectivity index (χ3v) is 3.77. The molecule has 0 spiro atoms. The standard InChI is InChI=1S/C13H16F3N3S/c1-8-4-5-18-12(10(8)11(17)20)19-6-2-3-9(7-19)13(14,15)16/h4-5,9H,2-3,6-7H2,1H3,(H2,17,20). The zero-order valence-corrected chi connectivity index (χ0v) is 11.9. The quantitative estimate of drug-likeness (QED) is 0.853. The average molecular weight is 303 g/mol. The Labute approximate surface area is 121 Å². The van der Waals surface area contributed by atoms with Crippen LogP contribution in [-0.2, 0) is 0 Å². The molecule has 2 heterocycles. The molecule has 7 heteroatoms. The molecular formula is C13H16F3N3S. The fourth-order valence-corrected chi connectivity index (χ4v) is 2.78. The molecule has 0 aliphatic carbocycles. The Morgan fingerprint density at radius 1 is 1.50 bits per heavy atom. The molecule has 0 radical (unpaired) electrons. The fourth-order valence-electron chi connectivity index (χ4n) is 2.52. The van der Waals surface area contributed by atoms with E-state index < -0.39 is 12.1 Å². The van der Waals surface area contributed by atoms with Crippen molar-refractivity contribution in [2.45, 2.75) is 25.9 Å².